The van der Waals surface area contributed by atoms with E-state index >= 15 is 0 Å². The lowest BCUT2D eigenvalue weighted by molar-refractivity contribution is 0.265. The number of fused-ring (bicyclic) bond motifs is 1. The second-order valence-corrected chi connectivity index (χ2v) is 7.48. The van der Waals surface area contributed by atoms with Crippen LogP contribution in [-0.2, 0) is 12.8 Å². The number of hydrogen-bond acceptors (Lipinski definition) is 1. The van der Waals surface area contributed by atoms with Crippen molar-refractivity contribution in [1.29, 1.82) is 0 Å². The van der Waals surface area contributed by atoms with Gasteiger partial charge in [-0.25, -0.2) is 0 Å². The van der Waals surface area contributed by atoms with Crippen molar-refractivity contribution < 1.29 is 0 Å². The number of rotatable bonds is 5. The quantitative estimate of drug-likeness (QED) is 0.799. The van der Waals surface area contributed by atoms with Crippen molar-refractivity contribution in [2.75, 3.05) is 6.54 Å². The van der Waals surface area contributed by atoms with E-state index in [1.807, 2.05) is 0 Å². The van der Waals surface area contributed by atoms with Gasteiger partial charge in [0.25, 0.3) is 0 Å². The van der Waals surface area contributed by atoms with E-state index in [2.05, 4.69) is 37.4 Å². The van der Waals surface area contributed by atoms with Gasteiger partial charge in [-0.2, -0.15) is 0 Å². The smallest absolute Gasteiger partial charge is 0.0291 e. The Bertz CT molecular complexity index is 465. The first-order valence-electron chi connectivity index (χ1n) is 9.07. The second kappa shape index (κ2) is 6.96. The van der Waals surface area contributed by atoms with Gasteiger partial charge in [-0.1, -0.05) is 44.4 Å². The molecule has 1 saturated carbocycles. The Hall–Kier alpha value is -0.820. The monoisotopic (exact) mass is 285 g/mol. The SMILES string of the molecule is CC1CCCC(CCNC(C)c2ccc3c(c2)CCC3)C1. The fraction of sp³-hybridized carbons (Fsp3) is 0.700. The molecule has 21 heavy (non-hydrogen) atoms. The summed E-state index contributed by atoms with van der Waals surface area (Å²) in [6, 6.07) is 7.64. The average Bonchev–Trinajstić information content (AvgIpc) is 2.94. The van der Waals surface area contributed by atoms with Crippen molar-refractivity contribution in [3.05, 3.63) is 34.9 Å². The second-order valence-electron chi connectivity index (χ2n) is 7.48. The number of hydrogen-bond donors (Lipinski definition) is 1. The third kappa shape index (κ3) is 3.88. The first-order valence-corrected chi connectivity index (χ1v) is 9.07. The molecule has 1 fully saturated rings. The lowest BCUT2D eigenvalue weighted by Gasteiger charge is -2.27. The molecule has 3 atom stereocenters. The summed E-state index contributed by atoms with van der Waals surface area (Å²) in [6.07, 6.45) is 11.1. The van der Waals surface area contributed by atoms with Crippen LogP contribution in [0.4, 0.5) is 0 Å². The van der Waals surface area contributed by atoms with Crippen LogP contribution in [-0.4, -0.2) is 6.54 Å². The van der Waals surface area contributed by atoms with Gasteiger partial charge >= 0.3 is 0 Å². The van der Waals surface area contributed by atoms with Crippen LogP contribution < -0.4 is 5.32 Å². The highest BCUT2D eigenvalue weighted by atomic mass is 14.9. The Morgan fingerprint density at radius 1 is 1.14 bits per heavy atom. The maximum atomic E-state index is 3.75. The van der Waals surface area contributed by atoms with Gasteiger partial charge < -0.3 is 5.32 Å². The number of benzene rings is 1. The maximum Gasteiger partial charge on any atom is 0.0291 e. The molecule has 0 amide bonds. The highest BCUT2D eigenvalue weighted by Crippen LogP contribution is 2.30. The zero-order valence-corrected chi connectivity index (χ0v) is 13.8. The number of aryl methyl sites for hydroxylation is 2. The van der Waals surface area contributed by atoms with Gasteiger partial charge in [-0.05, 0) is 74.1 Å². The fourth-order valence-corrected chi connectivity index (χ4v) is 4.30. The predicted molar refractivity (Wildman–Crippen MR) is 90.6 cm³/mol. The molecule has 3 unspecified atom stereocenters. The van der Waals surface area contributed by atoms with Crippen molar-refractivity contribution in [3.8, 4) is 0 Å². The summed E-state index contributed by atoms with van der Waals surface area (Å²) >= 11 is 0. The molecule has 0 bridgehead atoms. The zero-order valence-electron chi connectivity index (χ0n) is 13.8. The molecular formula is C20H31N. The minimum absolute atomic E-state index is 0.497. The van der Waals surface area contributed by atoms with Crippen LogP contribution in [0.5, 0.6) is 0 Å². The highest BCUT2D eigenvalue weighted by Gasteiger charge is 2.19. The summed E-state index contributed by atoms with van der Waals surface area (Å²) in [6.45, 7) is 5.92. The normalized spacial score (nSPS) is 26.6. The Morgan fingerprint density at radius 2 is 2.00 bits per heavy atom. The van der Waals surface area contributed by atoms with E-state index in [4.69, 9.17) is 0 Å². The standard InChI is InChI=1S/C20H31N/c1-15-5-3-6-17(13-15)11-12-21-16(2)19-10-9-18-7-4-8-20(18)14-19/h9-10,14-17,21H,3-8,11-13H2,1-2H3. The molecule has 0 radical (unpaired) electrons. The molecule has 0 spiro atoms. The first kappa shape index (κ1) is 15.1. The molecular weight excluding hydrogens is 254 g/mol. The summed E-state index contributed by atoms with van der Waals surface area (Å²) in [5.74, 6) is 1.92. The largest absolute Gasteiger partial charge is 0.310 e. The molecule has 1 nitrogen and oxygen atoms in total. The van der Waals surface area contributed by atoms with Crippen LogP contribution in [0.1, 0.15) is 75.1 Å². The van der Waals surface area contributed by atoms with E-state index < -0.39 is 0 Å². The molecule has 2 aliphatic rings. The molecule has 116 valence electrons. The first-order chi connectivity index (χ1) is 10.2. The Labute approximate surface area is 130 Å². The van der Waals surface area contributed by atoms with Gasteiger partial charge in [0.2, 0.25) is 0 Å². The van der Waals surface area contributed by atoms with Crippen LogP contribution in [0.3, 0.4) is 0 Å². The molecule has 0 heterocycles. The van der Waals surface area contributed by atoms with E-state index in [0.717, 1.165) is 11.8 Å². The summed E-state index contributed by atoms with van der Waals surface area (Å²) in [5, 5.41) is 3.75. The highest BCUT2D eigenvalue weighted by molar-refractivity contribution is 5.36. The van der Waals surface area contributed by atoms with E-state index in [0.29, 0.717) is 6.04 Å². The van der Waals surface area contributed by atoms with Gasteiger partial charge in [-0.15, -0.1) is 0 Å². The summed E-state index contributed by atoms with van der Waals surface area (Å²) in [5.41, 5.74) is 4.66. The zero-order chi connectivity index (χ0) is 14.7. The molecule has 3 rings (SSSR count). The third-order valence-corrected chi connectivity index (χ3v) is 5.67. The van der Waals surface area contributed by atoms with Crippen molar-refractivity contribution in [2.24, 2.45) is 11.8 Å². The van der Waals surface area contributed by atoms with Gasteiger partial charge in [0.1, 0.15) is 0 Å². The number of nitrogens with one attached hydrogen (secondary N) is 1. The minimum Gasteiger partial charge on any atom is -0.310 e. The average molecular weight is 285 g/mol. The van der Waals surface area contributed by atoms with E-state index in [9.17, 15) is 0 Å². The minimum atomic E-state index is 0.497. The summed E-state index contributed by atoms with van der Waals surface area (Å²) < 4.78 is 0. The van der Waals surface area contributed by atoms with E-state index in [-0.39, 0.29) is 0 Å². The molecule has 0 saturated heterocycles. The summed E-state index contributed by atoms with van der Waals surface area (Å²) in [4.78, 5) is 0. The molecule has 0 aliphatic heterocycles. The molecule has 0 aromatic heterocycles. The molecule has 2 aliphatic carbocycles. The molecule has 1 aromatic rings. The van der Waals surface area contributed by atoms with Crippen molar-refractivity contribution in [3.63, 3.8) is 0 Å². The molecule has 1 N–H and O–H groups in total. The third-order valence-electron chi connectivity index (χ3n) is 5.67. The van der Waals surface area contributed by atoms with Gasteiger partial charge in [0.15, 0.2) is 0 Å². The van der Waals surface area contributed by atoms with Crippen LogP contribution in [0, 0.1) is 11.8 Å². The molecule has 1 aromatic carbocycles. The van der Waals surface area contributed by atoms with Gasteiger partial charge in [0, 0.05) is 6.04 Å². The fourth-order valence-electron chi connectivity index (χ4n) is 4.30. The Balaban J connectivity index is 1.46. The predicted octanol–water partition coefficient (Wildman–Crippen LogP) is 5.04. The van der Waals surface area contributed by atoms with Crippen molar-refractivity contribution in [1.82, 2.24) is 5.32 Å². The van der Waals surface area contributed by atoms with Crippen LogP contribution in [0.15, 0.2) is 18.2 Å². The van der Waals surface area contributed by atoms with Crippen molar-refractivity contribution in [2.45, 2.75) is 71.3 Å². The Kier molecular flexibility index (Phi) is 5.00. The van der Waals surface area contributed by atoms with Crippen LogP contribution in [0.25, 0.3) is 0 Å². The summed E-state index contributed by atoms with van der Waals surface area (Å²) in [7, 11) is 0. The van der Waals surface area contributed by atoms with E-state index in [1.165, 1.54) is 63.5 Å². The molecule has 1 heteroatoms. The van der Waals surface area contributed by atoms with Gasteiger partial charge in [-0.3, -0.25) is 0 Å². The Morgan fingerprint density at radius 3 is 2.86 bits per heavy atom. The maximum absolute atomic E-state index is 3.75. The van der Waals surface area contributed by atoms with Crippen LogP contribution >= 0.6 is 0 Å². The van der Waals surface area contributed by atoms with Crippen molar-refractivity contribution >= 4 is 0 Å². The lowest BCUT2D eigenvalue weighted by atomic mass is 9.81. The topological polar surface area (TPSA) is 12.0 Å². The lowest BCUT2D eigenvalue weighted by Crippen LogP contribution is -2.24. The van der Waals surface area contributed by atoms with E-state index in [1.54, 1.807) is 11.1 Å². The van der Waals surface area contributed by atoms with Crippen LogP contribution in [0.2, 0.25) is 0 Å². The van der Waals surface area contributed by atoms with Gasteiger partial charge in [0.05, 0.1) is 0 Å².